The van der Waals surface area contributed by atoms with E-state index >= 15 is 0 Å². The average molecular weight is 375 g/mol. The van der Waals surface area contributed by atoms with E-state index in [0.29, 0.717) is 11.5 Å². The fourth-order valence-electron chi connectivity index (χ4n) is 2.66. The van der Waals surface area contributed by atoms with Gasteiger partial charge < -0.3 is 10.6 Å². The molecule has 2 N–H and O–H groups in total. The van der Waals surface area contributed by atoms with Crippen LogP contribution in [-0.2, 0) is 0 Å². The van der Waals surface area contributed by atoms with E-state index < -0.39 is 0 Å². The quantitative estimate of drug-likeness (QED) is 0.849. The van der Waals surface area contributed by atoms with Gasteiger partial charge in [-0.3, -0.25) is 4.79 Å². The second-order valence-corrected chi connectivity index (χ2v) is 6.69. The van der Waals surface area contributed by atoms with Gasteiger partial charge in [0.15, 0.2) is 0 Å². The third-order valence-electron chi connectivity index (χ3n) is 4.02. The molecule has 0 atom stereocenters. The van der Waals surface area contributed by atoms with Crippen molar-refractivity contribution in [3.63, 3.8) is 0 Å². The topological polar surface area (TPSA) is 66.9 Å². The SMILES string of the molecule is Cc1ccc(Nc2cnc(C(=O)NC3CCCC3)cn2)cc1Br. The van der Waals surface area contributed by atoms with E-state index in [0.717, 1.165) is 23.0 Å². The van der Waals surface area contributed by atoms with Crippen LogP contribution in [0, 0.1) is 6.92 Å². The number of nitrogens with one attached hydrogen (secondary N) is 2. The lowest BCUT2D eigenvalue weighted by Gasteiger charge is -2.11. The summed E-state index contributed by atoms with van der Waals surface area (Å²) in [5.41, 5.74) is 2.44. The number of nitrogens with zero attached hydrogens (tertiary/aromatic N) is 2. The Morgan fingerprint density at radius 3 is 2.65 bits per heavy atom. The fraction of sp³-hybridized carbons (Fsp3) is 0.353. The van der Waals surface area contributed by atoms with Crippen LogP contribution in [0.4, 0.5) is 11.5 Å². The monoisotopic (exact) mass is 374 g/mol. The molecule has 1 aromatic heterocycles. The van der Waals surface area contributed by atoms with Crippen LogP contribution in [0.2, 0.25) is 0 Å². The maximum Gasteiger partial charge on any atom is 0.271 e. The van der Waals surface area contributed by atoms with Crippen LogP contribution in [0.25, 0.3) is 0 Å². The Morgan fingerprint density at radius 2 is 2.00 bits per heavy atom. The molecule has 1 heterocycles. The van der Waals surface area contributed by atoms with Gasteiger partial charge in [0.2, 0.25) is 0 Å². The van der Waals surface area contributed by atoms with Gasteiger partial charge in [0, 0.05) is 16.2 Å². The second-order valence-electron chi connectivity index (χ2n) is 5.83. The minimum Gasteiger partial charge on any atom is -0.348 e. The van der Waals surface area contributed by atoms with E-state index in [1.54, 1.807) is 6.20 Å². The van der Waals surface area contributed by atoms with Crippen molar-refractivity contribution in [1.82, 2.24) is 15.3 Å². The highest BCUT2D eigenvalue weighted by Crippen LogP contribution is 2.22. The van der Waals surface area contributed by atoms with Crippen LogP contribution < -0.4 is 10.6 Å². The van der Waals surface area contributed by atoms with E-state index in [1.165, 1.54) is 24.6 Å². The van der Waals surface area contributed by atoms with Gasteiger partial charge in [0.05, 0.1) is 12.4 Å². The van der Waals surface area contributed by atoms with Crippen LogP contribution in [0.3, 0.4) is 0 Å². The first-order valence-corrected chi connectivity index (χ1v) is 8.57. The predicted molar refractivity (Wildman–Crippen MR) is 93.9 cm³/mol. The molecule has 3 rings (SSSR count). The molecule has 0 saturated heterocycles. The van der Waals surface area contributed by atoms with E-state index in [9.17, 15) is 4.79 Å². The second kappa shape index (κ2) is 7.08. The number of amides is 1. The van der Waals surface area contributed by atoms with E-state index in [1.807, 2.05) is 25.1 Å². The van der Waals surface area contributed by atoms with Crippen molar-refractivity contribution in [2.45, 2.75) is 38.6 Å². The number of carbonyl (C=O) groups is 1. The molecule has 1 aliphatic rings. The van der Waals surface area contributed by atoms with Crippen molar-refractivity contribution in [3.8, 4) is 0 Å². The lowest BCUT2D eigenvalue weighted by Crippen LogP contribution is -2.33. The Hall–Kier alpha value is -1.95. The average Bonchev–Trinajstić information content (AvgIpc) is 3.04. The van der Waals surface area contributed by atoms with Gasteiger partial charge in [-0.25, -0.2) is 9.97 Å². The molecule has 6 heteroatoms. The summed E-state index contributed by atoms with van der Waals surface area (Å²) >= 11 is 3.50. The molecule has 1 fully saturated rings. The highest BCUT2D eigenvalue weighted by atomic mass is 79.9. The molecule has 1 aromatic carbocycles. The van der Waals surface area contributed by atoms with E-state index in [2.05, 4.69) is 36.5 Å². The number of carbonyl (C=O) groups excluding carboxylic acids is 1. The van der Waals surface area contributed by atoms with E-state index in [4.69, 9.17) is 0 Å². The normalized spacial score (nSPS) is 14.7. The molecule has 0 unspecified atom stereocenters. The number of anilines is 2. The maximum atomic E-state index is 12.1. The fourth-order valence-corrected chi connectivity index (χ4v) is 3.04. The minimum atomic E-state index is -0.144. The molecule has 120 valence electrons. The number of hydrogen-bond acceptors (Lipinski definition) is 4. The maximum absolute atomic E-state index is 12.1. The lowest BCUT2D eigenvalue weighted by molar-refractivity contribution is 0.0932. The zero-order valence-corrected chi connectivity index (χ0v) is 14.6. The largest absolute Gasteiger partial charge is 0.348 e. The van der Waals surface area contributed by atoms with Crippen LogP contribution in [-0.4, -0.2) is 21.9 Å². The molecule has 0 aliphatic heterocycles. The first-order chi connectivity index (χ1) is 11.1. The van der Waals surface area contributed by atoms with Gasteiger partial charge in [-0.2, -0.15) is 0 Å². The Labute approximate surface area is 144 Å². The molecule has 1 saturated carbocycles. The molecule has 2 aromatic rings. The van der Waals surface area contributed by atoms with Gasteiger partial charge >= 0.3 is 0 Å². The smallest absolute Gasteiger partial charge is 0.271 e. The molecule has 5 nitrogen and oxygen atoms in total. The highest BCUT2D eigenvalue weighted by molar-refractivity contribution is 9.10. The summed E-state index contributed by atoms with van der Waals surface area (Å²) in [6.45, 7) is 2.03. The number of aryl methyl sites for hydroxylation is 1. The molecule has 1 amide bonds. The number of benzene rings is 1. The summed E-state index contributed by atoms with van der Waals surface area (Å²) in [6.07, 6.45) is 7.58. The van der Waals surface area contributed by atoms with Crippen molar-refractivity contribution in [3.05, 3.63) is 46.3 Å². The predicted octanol–water partition coefficient (Wildman–Crippen LogP) is 3.96. The molecule has 23 heavy (non-hydrogen) atoms. The van der Waals surface area contributed by atoms with Gasteiger partial charge in [0.25, 0.3) is 5.91 Å². The Balaban J connectivity index is 1.64. The van der Waals surface area contributed by atoms with Crippen LogP contribution in [0.1, 0.15) is 41.7 Å². The molecule has 0 spiro atoms. The van der Waals surface area contributed by atoms with Crippen molar-refractivity contribution in [2.24, 2.45) is 0 Å². The van der Waals surface area contributed by atoms with Gasteiger partial charge in [0.1, 0.15) is 11.5 Å². The highest BCUT2D eigenvalue weighted by Gasteiger charge is 2.18. The zero-order valence-electron chi connectivity index (χ0n) is 13.0. The van der Waals surface area contributed by atoms with Gasteiger partial charge in [-0.1, -0.05) is 34.8 Å². The molecular weight excluding hydrogens is 356 g/mol. The Bertz CT molecular complexity index is 696. The minimum absolute atomic E-state index is 0.144. The summed E-state index contributed by atoms with van der Waals surface area (Å²) in [6, 6.07) is 6.26. The first-order valence-electron chi connectivity index (χ1n) is 7.78. The van der Waals surface area contributed by atoms with E-state index in [-0.39, 0.29) is 11.9 Å². The van der Waals surface area contributed by atoms with Crippen molar-refractivity contribution >= 4 is 33.3 Å². The standard InChI is InChI=1S/C17H19BrN4O/c1-11-6-7-13(8-14(11)18)21-16-10-19-15(9-20-16)17(23)22-12-4-2-3-5-12/h6-10,12H,2-5H2,1H3,(H,20,21)(H,22,23). The van der Waals surface area contributed by atoms with Crippen LogP contribution in [0.15, 0.2) is 35.1 Å². The number of hydrogen-bond donors (Lipinski definition) is 2. The van der Waals surface area contributed by atoms with Crippen molar-refractivity contribution in [1.29, 1.82) is 0 Å². The van der Waals surface area contributed by atoms with Crippen LogP contribution >= 0.6 is 15.9 Å². The Morgan fingerprint density at radius 1 is 1.22 bits per heavy atom. The number of aromatic nitrogens is 2. The van der Waals surface area contributed by atoms with Crippen molar-refractivity contribution < 1.29 is 4.79 Å². The molecule has 1 aliphatic carbocycles. The summed E-state index contributed by atoms with van der Waals surface area (Å²) in [5, 5.41) is 6.19. The summed E-state index contributed by atoms with van der Waals surface area (Å²) in [7, 11) is 0. The molecular formula is C17H19BrN4O. The summed E-state index contributed by atoms with van der Waals surface area (Å²) < 4.78 is 1.03. The van der Waals surface area contributed by atoms with Crippen LogP contribution in [0.5, 0.6) is 0 Å². The van der Waals surface area contributed by atoms with Crippen molar-refractivity contribution in [2.75, 3.05) is 5.32 Å². The third-order valence-corrected chi connectivity index (χ3v) is 4.87. The van der Waals surface area contributed by atoms with Gasteiger partial charge in [-0.05, 0) is 37.5 Å². The molecule has 0 radical (unpaired) electrons. The number of rotatable bonds is 4. The number of halogens is 1. The zero-order chi connectivity index (χ0) is 16.2. The summed E-state index contributed by atoms with van der Waals surface area (Å²) in [5.74, 6) is 0.465. The third kappa shape index (κ3) is 4.07. The Kier molecular flexibility index (Phi) is 4.91. The van der Waals surface area contributed by atoms with Gasteiger partial charge in [-0.15, -0.1) is 0 Å². The lowest BCUT2D eigenvalue weighted by atomic mass is 10.2. The summed E-state index contributed by atoms with van der Waals surface area (Å²) in [4.78, 5) is 20.6. The molecule has 0 bridgehead atoms. The first kappa shape index (κ1) is 15.9.